The number of rotatable bonds is 5. The molecular weight excluding hydrogens is 414 g/mol. The number of ether oxygens (including phenoxy) is 1. The minimum absolute atomic E-state index is 0.106. The van der Waals surface area contributed by atoms with Crippen LogP contribution in [-0.4, -0.2) is 11.0 Å². The van der Waals surface area contributed by atoms with Gasteiger partial charge in [-0.2, -0.15) is 0 Å². The van der Waals surface area contributed by atoms with Crippen LogP contribution < -0.4 is 15.4 Å². The van der Waals surface area contributed by atoms with Gasteiger partial charge in [-0.05, 0) is 30.5 Å². The standard InChI is InChI=1S/C27H27N3O3/c1-18-22(17-24(32-18)19-11-6-5-7-12-19)30-26(31)29-21-14-10-16-28-25(21)33-23-15-9-8-13-20(23)27(2,3)4/h5-17H,1-4H3,(H2,29,30,31). The molecule has 0 unspecified atom stereocenters. The van der Waals surface area contributed by atoms with Gasteiger partial charge in [-0.25, -0.2) is 9.78 Å². The van der Waals surface area contributed by atoms with Gasteiger partial charge in [0.1, 0.15) is 23.0 Å². The van der Waals surface area contributed by atoms with Gasteiger partial charge in [-0.3, -0.25) is 0 Å². The fourth-order valence-corrected chi connectivity index (χ4v) is 3.47. The second-order valence-corrected chi connectivity index (χ2v) is 8.73. The van der Waals surface area contributed by atoms with E-state index in [0.29, 0.717) is 34.5 Å². The van der Waals surface area contributed by atoms with E-state index in [1.165, 1.54) is 0 Å². The van der Waals surface area contributed by atoms with E-state index in [9.17, 15) is 4.79 Å². The number of hydrogen-bond donors (Lipinski definition) is 2. The summed E-state index contributed by atoms with van der Waals surface area (Å²) in [5, 5.41) is 5.68. The number of para-hydroxylation sites is 1. The monoisotopic (exact) mass is 441 g/mol. The summed E-state index contributed by atoms with van der Waals surface area (Å²) in [6, 6.07) is 22.5. The molecule has 2 N–H and O–H groups in total. The lowest BCUT2D eigenvalue weighted by atomic mass is 9.86. The zero-order chi connectivity index (χ0) is 23.4. The highest BCUT2D eigenvalue weighted by Gasteiger charge is 2.20. The van der Waals surface area contributed by atoms with Crippen LogP contribution in [0.15, 0.2) is 83.4 Å². The summed E-state index contributed by atoms with van der Waals surface area (Å²) in [6.07, 6.45) is 1.63. The molecule has 168 valence electrons. The van der Waals surface area contributed by atoms with Crippen molar-refractivity contribution < 1.29 is 13.9 Å². The van der Waals surface area contributed by atoms with Crippen LogP contribution in [0.25, 0.3) is 11.3 Å². The molecule has 6 heteroatoms. The first-order valence-electron chi connectivity index (χ1n) is 10.8. The Morgan fingerprint density at radius 3 is 2.36 bits per heavy atom. The first-order chi connectivity index (χ1) is 15.8. The maximum atomic E-state index is 12.8. The number of pyridine rings is 1. The minimum atomic E-state index is -0.416. The summed E-state index contributed by atoms with van der Waals surface area (Å²) in [6.45, 7) is 8.18. The van der Waals surface area contributed by atoms with Crippen LogP contribution in [0.1, 0.15) is 32.1 Å². The van der Waals surface area contributed by atoms with Crippen molar-refractivity contribution in [3.05, 3.63) is 90.3 Å². The highest BCUT2D eigenvalue weighted by molar-refractivity contribution is 6.01. The summed E-state index contributed by atoms with van der Waals surface area (Å²) < 4.78 is 12.0. The van der Waals surface area contributed by atoms with Crippen molar-refractivity contribution in [1.82, 2.24) is 4.98 Å². The van der Waals surface area contributed by atoms with Crippen molar-refractivity contribution in [1.29, 1.82) is 0 Å². The number of furan rings is 1. The molecule has 2 aromatic carbocycles. The molecule has 6 nitrogen and oxygen atoms in total. The minimum Gasteiger partial charge on any atom is -0.459 e. The summed E-state index contributed by atoms with van der Waals surface area (Å²) in [4.78, 5) is 17.1. The van der Waals surface area contributed by atoms with Crippen LogP contribution in [0.5, 0.6) is 11.6 Å². The molecule has 0 radical (unpaired) electrons. The summed E-state index contributed by atoms with van der Waals surface area (Å²) in [7, 11) is 0. The SMILES string of the molecule is Cc1oc(-c2ccccc2)cc1NC(=O)Nc1cccnc1Oc1ccccc1C(C)(C)C. The molecule has 0 aliphatic carbocycles. The molecule has 0 aliphatic heterocycles. The third-order valence-electron chi connectivity index (χ3n) is 5.15. The molecule has 2 aromatic heterocycles. The zero-order valence-electron chi connectivity index (χ0n) is 19.2. The Hall–Kier alpha value is -4.06. The fourth-order valence-electron chi connectivity index (χ4n) is 3.47. The number of amides is 2. The molecular formula is C27H27N3O3. The summed E-state index contributed by atoms with van der Waals surface area (Å²) in [5.41, 5.74) is 2.94. The van der Waals surface area contributed by atoms with Crippen LogP contribution in [0.2, 0.25) is 0 Å². The second-order valence-electron chi connectivity index (χ2n) is 8.73. The van der Waals surface area contributed by atoms with Gasteiger partial charge in [0, 0.05) is 23.4 Å². The Morgan fingerprint density at radius 2 is 1.61 bits per heavy atom. The van der Waals surface area contributed by atoms with Crippen LogP contribution >= 0.6 is 0 Å². The van der Waals surface area contributed by atoms with Crippen LogP contribution in [-0.2, 0) is 5.41 Å². The van der Waals surface area contributed by atoms with Crippen LogP contribution in [0, 0.1) is 6.92 Å². The third kappa shape index (κ3) is 5.23. The molecule has 0 saturated carbocycles. The maximum Gasteiger partial charge on any atom is 0.323 e. The van der Waals surface area contributed by atoms with E-state index >= 15 is 0 Å². The van der Waals surface area contributed by atoms with E-state index in [4.69, 9.17) is 9.15 Å². The van der Waals surface area contributed by atoms with Gasteiger partial charge in [0.15, 0.2) is 0 Å². The Labute approximate surface area is 193 Å². The Morgan fingerprint density at radius 1 is 0.909 bits per heavy atom. The summed E-state index contributed by atoms with van der Waals surface area (Å²) >= 11 is 0. The lowest BCUT2D eigenvalue weighted by Gasteiger charge is -2.22. The molecule has 4 aromatic rings. The van der Waals surface area contributed by atoms with E-state index in [1.54, 1.807) is 18.3 Å². The van der Waals surface area contributed by atoms with Gasteiger partial charge >= 0.3 is 6.03 Å². The van der Waals surface area contributed by atoms with E-state index in [1.807, 2.05) is 67.6 Å². The Kier molecular flexibility index (Phi) is 6.18. The first kappa shape index (κ1) is 22.1. The van der Waals surface area contributed by atoms with Crippen molar-refractivity contribution in [2.45, 2.75) is 33.1 Å². The highest BCUT2D eigenvalue weighted by atomic mass is 16.5. The molecule has 0 fully saturated rings. The fraction of sp³-hybridized carbons (Fsp3) is 0.185. The molecule has 0 aliphatic rings. The summed E-state index contributed by atoms with van der Waals surface area (Å²) in [5.74, 6) is 2.32. The largest absolute Gasteiger partial charge is 0.459 e. The van der Waals surface area contributed by atoms with Gasteiger partial charge in [0.2, 0.25) is 5.88 Å². The predicted molar refractivity (Wildman–Crippen MR) is 131 cm³/mol. The number of carbonyl (C=O) groups excluding carboxylic acids is 1. The number of benzene rings is 2. The van der Waals surface area contributed by atoms with Crippen molar-refractivity contribution >= 4 is 17.4 Å². The highest BCUT2D eigenvalue weighted by Crippen LogP contribution is 2.35. The number of nitrogens with zero attached hydrogens (tertiary/aromatic N) is 1. The topological polar surface area (TPSA) is 76.4 Å². The molecule has 33 heavy (non-hydrogen) atoms. The second kappa shape index (κ2) is 9.20. The van der Waals surface area contributed by atoms with Gasteiger partial charge in [-0.15, -0.1) is 0 Å². The average Bonchev–Trinajstić information content (AvgIpc) is 3.15. The van der Waals surface area contributed by atoms with Gasteiger partial charge in [0.25, 0.3) is 0 Å². The molecule has 4 rings (SSSR count). The Bertz CT molecular complexity index is 1260. The third-order valence-corrected chi connectivity index (χ3v) is 5.15. The molecule has 2 heterocycles. The van der Waals surface area contributed by atoms with Crippen molar-refractivity contribution in [3.8, 4) is 23.0 Å². The molecule has 0 saturated heterocycles. The van der Waals surface area contributed by atoms with E-state index in [-0.39, 0.29) is 5.41 Å². The van der Waals surface area contributed by atoms with E-state index in [2.05, 4.69) is 36.4 Å². The number of hydrogen-bond acceptors (Lipinski definition) is 4. The molecule has 0 atom stereocenters. The van der Waals surface area contributed by atoms with Crippen molar-refractivity contribution in [2.24, 2.45) is 0 Å². The number of anilines is 2. The number of aromatic nitrogens is 1. The number of carbonyl (C=O) groups is 1. The number of urea groups is 1. The molecule has 0 spiro atoms. The maximum absolute atomic E-state index is 12.8. The van der Waals surface area contributed by atoms with Gasteiger partial charge < -0.3 is 19.8 Å². The van der Waals surface area contributed by atoms with Crippen molar-refractivity contribution in [3.63, 3.8) is 0 Å². The zero-order valence-corrected chi connectivity index (χ0v) is 19.2. The lowest BCUT2D eigenvalue weighted by Crippen LogP contribution is -2.20. The van der Waals surface area contributed by atoms with E-state index < -0.39 is 6.03 Å². The van der Waals surface area contributed by atoms with Crippen LogP contribution in [0.3, 0.4) is 0 Å². The van der Waals surface area contributed by atoms with Crippen molar-refractivity contribution in [2.75, 3.05) is 10.6 Å². The first-order valence-corrected chi connectivity index (χ1v) is 10.8. The number of aryl methyl sites for hydroxylation is 1. The quantitative estimate of drug-likeness (QED) is 0.339. The predicted octanol–water partition coefficient (Wildman–Crippen LogP) is 7.38. The Balaban J connectivity index is 1.51. The lowest BCUT2D eigenvalue weighted by molar-refractivity contribution is 0.262. The smallest absolute Gasteiger partial charge is 0.323 e. The molecule has 2 amide bonds. The average molecular weight is 442 g/mol. The number of nitrogens with one attached hydrogen (secondary N) is 2. The van der Waals surface area contributed by atoms with Gasteiger partial charge in [-0.1, -0.05) is 69.3 Å². The van der Waals surface area contributed by atoms with Crippen LogP contribution in [0.4, 0.5) is 16.2 Å². The van der Waals surface area contributed by atoms with E-state index in [0.717, 1.165) is 11.1 Å². The molecule has 0 bridgehead atoms. The van der Waals surface area contributed by atoms with Gasteiger partial charge in [0.05, 0.1) is 5.69 Å². The normalized spacial score (nSPS) is 11.2.